The third kappa shape index (κ3) is 6.58. The minimum absolute atomic E-state index is 0.325. The highest BCUT2D eigenvalue weighted by Crippen LogP contribution is 2.18. The van der Waals surface area contributed by atoms with Crippen molar-refractivity contribution in [1.82, 2.24) is 24.0 Å². The molecule has 0 radical (unpaired) electrons. The van der Waals surface area contributed by atoms with Gasteiger partial charge in [0, 0.05) is 50.5 Å². The molecule has 0 aliphatic carbocycles. The van der Waals surface area contributed by atoms with E-state index in [0.29, 0.717) is 86.8 Å². The van der Waals surface area contributed by atoms with E-state index in [1.54, 1.807) is 4.57 Å². The fraction of sp³-hybridized carbons (Fsp3) is 0.414. The maximum atomic E-state index is 13.7. The number of nitrogens with two attached hydrogens (primary N) is 2. The zero-order valence-corrected chi connectivity index (χ0v) is 22.8. The van der Waals surface area contributed by atoms with Gasteiger partial charge in [-0.15, -0.1) is 0 Å². The van der Waals surface area contributed by atoms with E-state index in [9.17, 15) is 14.7 Å². The highest BCUT2D eigenvalue weighted by Gasteiger charge is 2.21. The number of nitrogen functional groups attached to an aromatic ring is 2. The second kappa shape index (κ2) is 12.8. The van der Waals surface area contributed by atoms with E-state index in [1.165, 1.54) is 4.57 Å². The highest BCUT2D eigenvalue weighted by molar-refractivity contribution is 5.71. The molecule has 2 heterocycles. The van der Waals surface area contributed by atoms with Crippen LogP contribution in [0.2, 0.25) is 0 Å². The maximum absolute atomic E-state index is 13.7. The molecule has 4 rings (SSSR count). The van der Waals surface area contributed by atoms with E-state index < -0.39 is 6.10 Å². The summed E-state index contributed by atoms with van der Waals surface area (Å²) in [6.07, 6.45) is 1.92. The summed E-state index contributed by atoms with van der Waals surface area (Å²) in [5, 5.41) is 13.2. The molecule has 1 unspecified atom stereocenters. The van der Waals surface area contributed by atoms with Gasteiger partial charge >= 0.3 is 5.69 Å². The monoisotopic (exact) mass is 533 g/mol. The molecule has 0 spiro atoms. The molecule has 0 amide bonds. The van der Waals surface area contributed by atoms with Crippen LogP contribution in [0.4, 0.5) is 11.4 Å². The van der Waals surface area contributed by atoms with Gasteiger partial charge in [0.15, 0.2) is 11.2 Å². The Morgan fingerprint density at radius 3 is 2.38 bits per heavy atom. The third-order valence-electron chi connectivity index (χ3n) is 6.92. The van der Waals surface area contributed by atoms with Gasteiger partial charge in [0.25, 0.3) is 5.56 Å². The molecule has 0 saturated heterocycles. The number of imidazole rings is 1. The molecule has 10 heteroatoms. The second-order valence-electron chi connectivity index (χ2n) is 9.92. The number of fused-ring (bicyclic) bond motifs is 1. The molecular formula is C29H39N7O3. The minimum Gasteiger partial charge on any atom is -0.399 e. The van der Waals surface area contributed by atoms with Crippen molar-refractivity contribution >= 4 is 22.5 Å². The highest BCUT2D eigenvalue weighted by atomic mass is 16.3. The van der Waals surface area contributed by atoms with Crippen LogP contribution in [-0.4, -0.2) is 43.0 Å². The summed E-state index contributed by atoms with van der Waals surface area (Å²) >= 11 is 0. The molecule has 0 aliphatic rings. The lowest BCUT2D eigenvalue weighted by molar-refractivity contribution is 0.167. The lowest BCUT2D eigenvalue weighted by Crippen LogP contribution is -2.41. The van der Waals surface area contributed by atoms with Gasteiger partial charge in [-0.3, -0.25) is 13.9 Å². The Hall–Kier alpha value is -3.89. The predicted molar refractivity (Wildman–Crippen MR) is 156 cm³/mol. The molecule has 10 nitrogen and oxygen atoms in total. The van der Waals surface area contributed by atoms with Gasteiger partial charge in [0.05, 0.1) is 6.10 Å². The zero-order valence-electron chi connectivity index (χ0n) is 22.8. The van der Waals surface area contributed by atoms with Crippen LogP contribution in [0.1, 0.15) is 43.6 Å². The van der Waals surface area contributed by atoms with Crippen LogP contribution in [0, 0.1) is 0 Å². The molecule has 39 heavy (non-hydrogen) atoms. The van der Waals surface area contributed by atoms with Gasteiger partial charge in [-0.1, -0.05) is 38.1 Å². The van der Waals surface area contributed by atoms with Crippen molar-refractivity contribution in [2.75, 3.05) is 24.6 Å². The summed E-state index contributed by atoms with van der Waals surface area (Å²) in [4.78, 5) is 32.2. The van der Waals surface area contributed by atoms with Crippen LogP contribution >= 0.6 is 0 Å². The van der Waals surface area contributed by atoms with Gasteiger partial charge < -0.3 is 26.5 Å². The Kier molecular flexibility index (Phi) is 9.21. The van der Waals surface area contributed by atoms with E-state index in [1.807, 2.05) is 66.9 Å². The normalized spacial score (nSPS) is 12.3. The number of nitrogens with one attached hydrogen (secondary N) is 1. The Labute approximate surface area is 227 Å². The first-order chi connectivity index (χ1) is 18.8. The van der Waals surface area contributed by atoms with E-state index in [-0.39, 0.29) is 11.2 Å². The smallest absolute Gasteiger partial charge is 0.332 e. The van der Waals surface area contributed by atoms with E-state index in [4.69, 9.17) is 16.5 Å². The van der Waals surface area contributed by atoms with Gasteiger partial charge in [-0.25, -0.2) is 9.78 Å². The molecule has 2 aromatic heterocycles. The molecule has 4 aromatic rings. The number of anilines is 2. The van der Waals surface area contributed by atoms with Gasteiger partial charge in [-0.2, -0.15) is 0 Å². The lowest BCUT2D eigenvalue weighted by atomic mass is 10.1. The molecule has 208 valence electrons. The van der Waals surface area contributed by atoms with Crippen molar-refractivity contribution in [1.29, 1.82) is 0 Å². The summed E-state index contributed by atoms with van der Waals surface area (Å²) in [6.45, 7) is 6.02. The average Bonchev–Trinajstić information content (AvgIpc) is 3.27. The second-order valence-corrected chi connectivity index (χ2v) is 9.92. The third-order valence-corrected chi connectivity index (χ3v) is 6.92. The quantitative estimate of drug-likeness (QED) is 0.152. The van der Waals surface area contributed by atoms with Crippen LogP contribution in [0.3, 0.4) is 0 Å². The molecule has 1 atom stereocenters. The maximum Gasteiger partial charge on any atom is 0.332 e. The Morgan fingerprint density at radius 2 is 1.69 bits per heavy atom. The van der Waals surface area contributed by atoms with E-state index in [2.05, 4.69) is 5.32 Å². The topological polar surface area (TPSA) is 146 Å². The first kappa shape index (κ1) is 28.1. The van der Waals surface area contributed by atoms with Crippen molar-refractivity contribution in [3.8, 4) is 0 Å². The van der Waals surface area contributed by atoms with Crippen LogP contribution in [0.15, 0.2) is 58.1 Å². The van der Waals surface area contributed by atoms with Crippen LogP contribution in [0.5, 0.6) is 0 Å². The summed E-state index contributed by atoms with van der Waals surface area (Å²) in [7, 11) is 0. The zero-order chi connectivity index (χ0) is 27.9. The van der Waals surface area contributed by atoms with Crippen LogP contribution < -0.4 is 28.0 Å². The lowest BCUT2D eigenvalue weighted by Gasteiger charge is -2.14. The number of aromatic nitrogens is 4. The first-order valence-corrected chi connectivity index (χ1v) is 13.6. The molecule has 2 aromatic carbocycles. The predicted octanol–water partition coefficient (Wildman–Crippen LogP) is 2.13. The number of aryl methyl sites for hydroxylation is 2. The molecular weight excluding hydrogens is 494 g/mol. The standard InChI is InChI=1S/C29H39N7O3/c1-3-14-36-28(38)26-27(35(29(36)39)15-12-20-6-5-7-23(31)17-20)33-25(18-21-8-10-22(30)11-9-21)34(26)16-13-32-19-24(37)4-2/h5-11,17,24,32,37H,3-4,12-16,18-19,30-31H2,1-2H3. The van der Waals surface area contributed by atoms with Gasteiger partial charge in [0.1, 0.15) is 5.82 Å². The summed E-state index contributed by atoms with van der Waals surface area (Å²) in [5.41, 5.74) is 15.3. The fourth-order valence-corrected chi connectivity index (χ4v) is 4.75. The summed E-state index contributed by atoms with van der Waals surface area (Å²) < 4.78 is 4.86. The first-order valence-electron chi connectivity index (χ1n) is 13.6. The number of hydrogen-bond donors (Lipinski definition) is 4. The van der Waals surface area contributed by atoms with Crippen molar-refractivity contribution < 1.29 is 5.11 Å². The van der Waals surface area contributed by atoms with E-state index >= 15 is 0 Å². The van der Waals surface area contributed by atoms with Crippen molar-refractivity contribution in [3.63, 3.8) is 0 Å². The van der Waals surface area contributed by atoms with Gasteiger partial charge in [0.2, 0.25) is 0 Å². The summed E-state index contributed by atoms with van der Waals surface area (Å²) in [5.74, 6) is 0.691. The molecule has 0 bridgehead atoms. The Balaban J connectivity index is 1.81. The number of benzene rings is 2. The van der Waals surface area contributed by atoms with Gasteiger partial charge in [-0.05, 0) is 54.7 Å². The molecule has 0 saturated carbocycles. The fourth-order valence-electron chi connectivity index (χ4n) is 4.75. The van der Waals surface area contributed by atoms with Crippen molar-refractivity contribution in [2.24, 2.45) is 0 Å². The largest absolute Gasteiger partial charge is 0.399 e. The SMILES string of the molecule is CCCn1c(=O)c2c(nc(Cc3ccc(N)cc3)n2CCNCC(O)CC)n(CCc2cccc(N)c2)c1=O. The van der Waals surface area contributed by atoms with E-state index in [0.717, 1.165) is 11.1 Å². The number of rotatable bonds is 13. The molecule has 6 N–H and O–H groups in total. The Morgan fingerprint density at radius 1 is 0.923 bits per heavy atom. The Bertz CT molecular complexity index is 1520. The van der Waals surface area contributed by atoms with Crippen LogP contribution in [0.25, 0.3) is 11.2 Å². The minimum atomic E-state index is -0.433. The number of aliphatic hydroxyl groups is 1. The summed E-state index contributed by atoms with van der Waals surface area (Å²) in [6, 6.07) is 15.1. The molecule has 0 aliphatic heterocycles. The van der Waals surface area contributed by atoms with Crippen LogP contribution in [-0.2, 0) is 32.5 Å². The number of aliphatic hydroxyl groups excluding tert-OH is 1. The average molecular weight is 534 g/mol. The molecule has 0 fully saturated rings. The van der Waals surface area contributed by atoms with Crippen molar-refractivity contribution in [2.45, 2.75) is 65.3 Å². The van der Waals surface area contributed by atoms with Crippen molar-refractivity contribution in [3.05, 3.63) is 86.3 Å². The number of nitrogens with zero attached hydrogens (tertiary/aromatic N) is 4. The number of hydrogen-bond acceptors (Lipinski definition) is 7.